The molecule has 2 rings (SSSR count). The van der Waals surface area contributed by atoms with E-state index < -0.39 is 0 Å². The van der Waals surface area contributed by atoms with Gasteiger partial charge in [0.15, 0.2) is 0 Å². The van der Waals surface area contributed by atoms with Crippen molar-refractivity contribution < 1.29 is 0 Å². The Morgan fingerprint density at radius 3 is 2.62 bits per heavy atom. The van der Waals surface area contributed by atoms with Gasteiger partial charge in [0.1, 0.15) is 5.82 Å². The summed E-state index contributed by atoms with van der Waals surface area (Å²) in [6.45, 7) is 2.02. The summed E-state index contributed by atoms with van der Waals surface area (Å²) < 4.78 is 0. The lowest BCUT2D eigenvalue weighted by atomic mass is 9.87. The third kappa shape index (κ3) is 2.11. The molecular formula is C10H17N2P. The fourth-order valence-corrected chi connectivity index (χ4v) is 2.46. The van der Waals surface area contributed by atoms with E-state index in [0.717, 1.165) is 17.4 Å². The van der Waals surface area contributed by atoms with Crippen LogP contribution in [0.2, 0.25) is 0 Å². The van der Waals surface area contributed by atoms with Gasteiger partial charge < -0.3 is 4.98 Å². The molecule has 1 aromatic heterocycles. The van der Waals surface area contributed by atoms with Crippen molar-refractivity contribution in [2.24, 2.45) is 0 Å². The largest absolute Gasteiger partial charge is 0.346 e. The number of hydrogen-bond acceptors (Lipinski definition) is 1. The number of imidazole rings is 1. The Balaban J connectivity index is 2.02. The fraction of sp³-hybridized carbons (Fsp3) is 0.700. The molecule has 1 aliphatic carbocycles. The number of aromatic nitrogens is 2. The van der Waals surface area contributed by atoms with Gasteiger partial charge in [-0.3, -0.25) is 0 Å². The zero-order chi connectivity index (χ0) is 9.26. The van der Waals surface area contributed by atoms with E-state index >= 15 is 0 Å². The van der Waals surface area contributed by atoms with Gasteiger partial charge in [0.2, 0.25) is 0 Å². The van der Waals surface area contributed by atoms with Gasteiger partial charge in [-0.1, -0.05) is 0 Å². The van der Waals surface area contributed by atoms with Crippen molar-refractivity contribution in [2.45, 2.75) is 44.2 Å². The Bertz CT molecular complexity index is 274. The lowest BCUT2D eigenvalue weighted by Crippen LogP contribution is -2.12. The summed E-state index contributed by atoms with van der Waals surface area (Å²) in [5.74, 6) is 1.78. The van der Waals surface area contributed by atoms with Crippen molar-refractivity contribution in [1.82, 2.24) is 9.97 Å². The van der Waals surface area contributed by atoms with Crippen LogP contribution in [0.5, 0.6) is 0 Å². The second-order valence-corrected chi connectivity index (χ2v) is 4.98. The van der Waals surface area contributed by atoms with Crippen molar-refractivity contribution in [3.63, 3.8) is 0 Å². The van der Waals surface area contributed by atoms with Gasteiger partial charge in [0.25, 0.3) is 0 Å². The van der Waals surface area contributed by atoms with E-state index in [-0.39, 0.29) is 0 Å². The van der Waals surface area contributed by atoms with Gasteiger partial charge in [-0.05, 0) is 38.3 Å². The average molecular weight is 196 g/mol. The van der Waals surface area contributed by atoms with Crippen molar-refractivity contribution in [2.75, 3.05) is 0 Å². The minimum atomic E-state index is 0.734. The number of nitrogens with one attached hydrogen (secondary N) is 1. The lowest BCUT2D eigenvalue weighted by Gasteiger charge is -2.24. The molecule has 0 radical (unpaired) electrons. The van der Waals surface area contributed by atoms with Crippen LogP contribution in [0.4, 0.5) is 0 Å². The molecule has 1 aromatic rings. The molecule has 3 heteroatoms. The van der Waals surface area contributed by atoms with E-state index in [1.165, 1.54) is 31.4 Å². The van der Waals surface area contributed by atoms with Gasteiger partial charge in [0, 0.05) is 17.8 Å². The Kier molecular flexibility index (Phi) is 2.69. The predicted octanol–water partition coefficient (Wildman–Crippen LogP) is 2.62. The number of H-pyrrole nitrogens is 1. The topological polar surface area (TPSA) is 28.7 Å². The molecule has 72 valence electrons. The highest BCUT2D eigenvalue weighted by atomic mass is 31.0. The van der Waals surface area contributed by atoms with Crippen LogP contribution in [0.3, 0.4) is 0 Å². The van der Waals surface area contributed by atoms with Gasteiger partial charge in [-0.25, -0.2) is 4.98 Å². The van der Waals surface area contributed by atoms with E-state index in [4.69, 9.17) is 0 Å². The van der Waals surface area contributed by atoms with Crippen molar-refractivity contribution in [3.8, 4) is 0 Å². The Morgan fingerprint density at radius 2 is 2.08 bits per heavy atom. The van der Waals surface area contributed by atoms with E-state index in [1.54, 1.807) is 0 Å². The minimum Gasteiger partial charge on any atom is -0.346 e. The summed E-state index contributed by atoms with van der Waals surface area (Å²) in [5.41, 5.74) is 2.19. The monoisotopic (exact) mass is 196 g/mol. The van der Waals surface area contributed by atoms with E-state index in [0.29, 0.717) is 0 Å². The summed E-state index contributed by atoms with van der Waals surface area (Å²) in [6, 6.07) is 0. The highest BCUT2D eigenvalue weighted by molar-refractivity contribution is 7.17. The number of nitrogens with zero attached hydrogens (tertiary/aromatic N) is 1. The van der Waals surface area contributed by atoms with Crippen LogP contribution in [0.25, 0.3) is 0 Å². The van der Waals surface area contributed by atoms with Gasteiger partial charge in [0.05, 0.1) is 0 Å². The predicted molar refractivity (Wildman–Crippen MR) is 58.0 cm³/mol. The number of aromatic amines is 1. The van der Waals surface area contributed by atoms with Crippen molar-refractivity contribution in [1.29, 1.82) is 0 Å². The molecule has 1 atom stereocenters. The van der Waals surface area contributed by atoms with Crippen LogP contribution in [-0.4, -0.2) is 15.6 Å². The normalized spacial score (nSPS) is 29.1. The maximum atomic E-state index is 4.25. The molecule has 0 bridgehead atoms. The fourth-order valence-electron chi connectivity index (χ4n) is 2.08. The molecule has 13 heavy (non-hydrogen) atoms. The first-order chi connectivity index (χ1) is 6.25. The van der Waals surface area contributed by atoms with E-state index in [2.05, 4.69) is 19.2 Å². The van der Waals surface area contributed by atoms with Crippen LogP contribution < -0.4 is 0 Å². The Labute approximate surface area is 81.7 Å². The quantitative estimate of drug-likeness (QED) is 0.687. The maximum Gasteiger partial charge on any atom is 0.103 e. The number of rotatable bonds is 1. The van der Waals surface area contributed by atoms with Gasteiger partial charge in [-0.15, -0.1) is 9.24 Å². The molecule has 0 aromatic carbocycles. The number of aryl methyl sites for hydroxylation is 1. The summed E-state index contributed by atoms with van der Waals surface area (Å²) in [4.78, 5) is 7.59. The first-order valence-electron chi connectivity index (χ1n) is 5.03. The standard InChI is InChI=1S/C10H17N2P/c1-7-11-6-10(12-7)8-2-4-9(13)5-3-8/h6,8-9H,2-5,13H2,1H3,(H,11,12). The molecule has 1 saturated carbocycles. The summed E-state index contributed by atoms with van der Waals surface area (Å²) in [7, 11) is 2.94. The van der Waals surface area contributed by atoms with Crippen LogP contribution >= 0.6 is 9.24 Å². The zero-order valence-electron chi connectivity index (χ0n) is 8.09. The third-order valence-electron chi connectivity index (χ3n) is 2.93. The van der Waals surface area contributed by atoms with E-state index in [9.17, 15) is 0 Å². The van der Waals surface area contributed by atoms with Gasteiger partial charge in [-0.2, -0.15) is 0 Å². The highest BCUT2D eigenvalue weighted by Gasteiger charge is 2.20. The molecule has 1 heterocycles. The Morgan fingerprint density at radius 1 is 1.38 bits per heavy atom. The average Bonchev–Trinajstić information content (AvgIpc) is 2.53. The molecule has 2 nitrogen and oxygen atoms in total. The Hall–Kier alpha value is -0.360. The van der Waals surface area contributed by atoms with E-state index in [1.807, 2.05) is 13.1 Å². The minimum absolute atomic E-state index is 0.734. The second-order valence-electron chi connectivity index (χ2n) is 4.04. The summed E-state index contributed by atoms with van der Waals surface area (Å²) in [5, 5.41) is 0. The smallest absolute Gasteiger partial charge is 0.103 e. The molecule has 1 fully saturated rings. The molecular weight excluding hydrogens is 179 g/mol. The van der Waals surface area contributed by atoms with Crippen molar-refractivity contribution >= 4 is 9.24 Å². The molecule has 0 saturated heterocycles. The number of hydrogen-bond donors (Lipinski definition) is 1. The second kappa shape index (κ2) is 3.79. The molecule has 1 unspecified atom stereocenters. The third-order valence-corrected chi connectivity index (χ3v) is 3.60. The summed E-state index contributed by atoms with van der Waals surface area (Å²) >= 11 is 0. The van der Waals surface area contributed by atoms with Crippen molar-refractivity contribution in [3.05, 3.63) is 17.7 Å². The van der Waals surface area contributed by atoms with Crippen LogP contribution in [0, 0.1) is 6.92 Å². The lowest BCUT2D eigenvalue weighted by molar-refractivity contribution is 0.446. The van der Waals surface area contributed by atoms with Gasteiger partial charge >= 0.3 is 0 Å². The SMILES string of the molecule is Cc1ncc(C2CCC(P)CC2)[nH]1. The first-order valence-corrected chi connectivity index (χ1v) is 5.69. The van der Waals surface area contributed by atoms with Crippen LogP contribution in [-0.2, 0) is 0 Å². The molecule has 0 amide bonds. The maximum absolute atomic E-state index is 4.25. The first kappa shape index (κ1) is 9.21. The zero-order valence-corrected chi connectivity index (χ0v) is 9.24. The summed E-state index contributed by atoms with van der Waals surface area (Å²) in [6.07, 6.45) is 7.32. The molecule has 0 aliphatic heterocycles. The highest BCUT2D eigenvalue weighted by Crippen LogP contribution is 2.34. The van der Waals surface area contributed by atoms with Crippen LogP contribution in [0.15, 0.2) is 6.20 Å². The molecule has 1 N–H and O–H groups in total. The molecule has 1 aliphatic rings. The van der Waals surface area contributed by atoms with Crippen LogP contribution in [0.1, 0.15) is 43.1 Å². The molecule has 0 spiro atoms.